The average Bonchev–Trinajstić information content (AvgIpc) is 2.89. The molecule has 2 saturated carbocycles. The molecule has 4 rings (SSSR count). The van der Waals surface area contributed by atoms with Crippen LogP contribution in [0.4, 0.5) is 4.39 Å². The number of hydrogen-bond acceptors (Lipinski definition) is 0. The largest absolute Gasteiger partial charge is 0.247 e. The molecule has 0 aromatic heterocycles. The predicted octanol–water partition coefficient (Wildman–Crippen LogP) is 10.0. The summed E-state index contributed by atoms with van der Waals surface area (Å²) in [5.74, 6) is 3.18. The Balaban J connectivity index is 1.28. The van der Waals surface area contributed by atoms with E-state index in [1.807, 2.05) is 6.08 Å². The van der Waals surface area contributed by atoms with Crippen molar-refractivity contribution in [2.24, 2.45) is 11.8 Å². The standard InChI is InChI=1S/C32H43F/c1-2-3-6-25-8-12-27(13-9-25)29-16-20-31(21-17-29)32-22-18-30(19-23-32)28-14-10-26(11-15-28)7-4-5-24-33/h4-5,16-23,25-28H,2-3,6-15,24H2,1H3/b5-4+. The third kappa shape index (κ3) is 6.81. The summed E-state index contributed by atoms with van der Waals surface area (Å²) < 4.78 is 12.3. The van der Waals surface area contributed by atoms with Gasteiger partial charge in [-0.1, -0.05) is 86.9 Å². The third-order valence-electron chi connectivity index (χ3n) is 8.48. The smallest absolute Gasteiger partial charge is 0.108 e. The molecule has 0 nitrogen and oxygen atoms in total. The second-order valence-electron chi connectivity index (χ2n) is 10.7. The quantitative estimate of drug-likeness (QED) is 0.336. The van der Waals surface area contributed by atoms with E-state index < -0.39 is 0 Å². The van der Waals surface area contributed by atoms with Crippen molar-refractivity contribution in [3.8, 4) is 11.1 Å². The summed E-state index contributed by atoms with van der Waals surface area (Å²) in [5, 5.41) is 0. The van der Waals surface area contributed by atoms with Gasteiger partial charge in [0.1, 0.15) is 6.67 Å². The fourth-order valence-corrected chi connectivity index (χ4v) is 6.26. The zero-order valence-electron chi connectivity index (χ0n) is 20.7. The molecule has 0 atom stereocenters. The number of unbranched alkanes of at least 4 members (excludes halogenated alkanes) is 1. The first kappa shape index (κ1) is 24.2. The molecule has 2 aromatic carbocycles. The van der Waals surface area contributed by atoms with Crippen molar-refractivity contribution in [3.63, 3.8) is 0 Å². The van der Waals surface area contributed by atoms with E-state index in [0.29, 0.717) is 5.92 Å². The normalized spacial score (nSPS) is 26.0. The Hall–Kier alpha value is -1.89. The lowest BCUT2D eigenvalue weighted by Gasteiger charge is -2.29. The summed E-state index contributed by atoms with van der Waals surface area (Å²) in [4.78, 5) is 0. The molecule has 1 heteroatoms. The molecule has 2 aliphatic carbocycles. The van der Waals surface area contributed by atoms with Crippen molar-refractivity contribution in [1.29, 1.82) is 0 Å². The highest BCUT2D eigenvalue weighted by molar-refractivity contribution is 5.64. The summed E-state index contributed by atoms with van der Waals surface area (Å²) in [6.07, 6.45) is 19.6. The number of benzene rings is 2. The van der Waals surface area contributed by atoms with Gasteiger partial charge in [-0.15, -0.1) is 0 Å². The van der Waals surface area contributed by atoms with Crippen LogP contribution in [-0.2, 0) is 0 Å². The van der Waals surface area contributed by atoms with Crippen LogP contribution in [0.25, 0.3) is 11.1 Å². The third-order valence-corrected chi connectivity index (χ3v) is 8.48. The summed E-state index contributed by atoms with van der Waals surface area (Å²) in [5.41, 5.74) is 5.71. The summed E-state index contributed by atoms with van der Waals surface area (Å²) >= 11 is 0. The molecule has 2 aliphatic rings. The van der Waals surface area contributed by atoms with E-state index in [9.17, 15) is 4.39 Å². The highest BCUT2D eigenvalue weighted by atomic mass is 19.1. The van der Waals surface area contributed by atoms with Gasteiger partial charge < -0.3 is 0 Å². The minimum Gasteiger partial charge on any atom is -0.247 e. The van der Waals surface area contributed by atoms with Crippen molar-refractivity contribution in [2.75, 3.05) is 6.67 Å². The number of allylic oxidation sites excluding steroid dienone is 2. The van der Waals surface area contributed by atoms with Crippen LogP contribution in [0.3, 0.4) is 0 Å². The lowest BCUT2D eigenvalue weighted by molar-refractivity contribution is 0.304. The van der Waals surface area contributed by atoms with Crippen molar-refractivity contribution in [3.05, 3.63) is 71.8 Å². The minimum atomic E-state index is -0.329. The molecule has 2 aromatic rings. The number of alkyl halides is 1. The number of hydrogen-bond donors (Lipinski definition) is 0. The fourth-order valence-electron chi connectivity index (χ4n) is 6.26. The molecule has 0 heterocycles. The van der Waals surface area contributed by atoms with Crippen LogP contribution in [0.2, 0.25) is 0 Å². The van der Waals surface area contributed by atoms with Gasteiger partial charge in [0, 0.05) is 0 Å². The van der Waals surface area contributed by atoms with Gasteiger partial charge in [0.15, 0.2) is 0 Å². The van der Waals surface area contributed by atoms with Gasteiger partial charge >= 0.3 is 0 Å². The van der Waals surface area contributed by atoms with Gasteiger partial charge in [0.2, 0.25) is 0 Å². The summed E-state index contributed by atoms with van der Waals surface area (Å²) in [6.45, 7) is 1.98. The maximum Gasteiger partial charge on any atom is 0.108 e. The fraction of sp³-hybridized carbons (Fsp3) is 0.562. The molecule has 2 fully saturated rings. The molecule has 178 valence electrons. The second kappa shape index (κ2) is 12.5. The maximum atomic E-state index is 12.3. The Morgan fingerprint density at radius 2 is 1.15 bits per heavy atom. The molecule has 33 heavy (non-hydrogen) atoms. The highest BCUT2D eigenvalue weighted by Crippen LogP contribution is 2.39. The summed E-state index contributed by atoms with van der Waals surface area (Å²) in [6, 6.07) is 18.8. The maximum absolute atomic E-state index is 12.3. The van der Waals surface area contributed by atoms with E-state index in [4.69, 9.17) is 0 Å². The minimum absolute atomic E-state index is 0.329. The zero-order valence-corrected chi connectivity index (χ0v) is 20.7. The Bertz CT molecular complexity index is 831. The van der Waals surface area contributed by atoms with Crippen LogP contribution in [0.5, 0.6) is 0 Å². The lowest BCUT2D eigenvalue weighted by atomic mass is 9.77. The molecule has 0 aliphatic heterocycles. The predicted molar refractivity (Wildman–Crippen MR) is 141 cm³/mol. The van der Waals surface area contributed by atoms with Crippen LogP contribution >= 0.6 is 0 Å². The van der Waals surface area contributed by atoms with E-state index in [1.54, 1.807) is 11.6 Å². The van der Waals surface area contributed by atoms with E-state index in [0.717, 1.165) is 24.2 Å². The SMILES string of the molecule is CCCCC1CCC(c2ccc(-c3ccc(C4CCC(C/C=C/CF)CC4)cc3)cc2)CC1. The van der Waals surface area contributed by atoms with Gasteiger partial charge in [-0.3, -0.25) is 0 Å². The van der Waals surface area contributed by atoms with Crippen LogP contribution in [0.1, 0.15) is 107 Å². The van der Waals surface area contributed by atoms with E-state index >= 15 is 0 Å². The first-order valence-electron chi connectivity index (χ1n) is 13.7. The Labute approximate surface area is 201 Å². The average molecular weight is 447 g/mol. The highest BCUT2D eigenvalue weighted by Gasteiger charge is 2.23. The Morgan fingerprint density at radius 3 is 1.61 bits per heavy atom. The van der Waals surface area contributed by atoms with E-state index in [-0.39, 0.29) is 6.67 Å². The first-order chi connectivity index (χ1) is 16.3. The van der Waals surface area contributed by atoms with Crippen LogP contribution < -0.4 is 0 Å². The number of halogens is 1. The van der Waals surface area contributed by atoms with Crippen LogP contribution in [0.15, 0.2) is 60.7 Å². The van der Waals surface area contributed by atoms with Crippen molar-refractivity contribution < 1.29 is 4.39 Å². The summed E-state index contributed by atoms with van der Waals surface area (Å²) in [7, 11) is 0. The number of rotatable bonds is 9. The monoisotopic (exact) mass is 446 g/mol. The van der Waals surface area contributed by atoms with Crippen molar-refractivity contribution in [1.82, 2.24) is 0 Å². The first-order valence-corrected chi connectivity index (χ1v) is 13.7. The van der Waals surface area contributed by atoms with E-state index in [2.05, 4.69) is 55.5 Å². The Kier molecular flexibility index (Phi) is 9.21. The van der Waals surface area contributed by atoms with Crippen molar-refractivity contribution >= 4 is 0 Å². The van der Waals surface area contributed by atoms with Gasteiger partial charge in [0.05, 0.1) is 0 Å². The molecule has 0 saturated heterocycles. The molecule has 0 radical (unpaired) electrons. The van der Waals surface area contributed by atoms with Gasteiger partial charge in [-0.05, 0) is 104 Å². The van der Waals surface area contributed by atoms with Gasteiger partial charge in [-0.25, -0.2) is 4.39 Å². The van der Waals surface area contributed by atoms with E-state index in [1.165, 1.54) is 87.3 Å². The molecule has 0 amide bonds. The van der Waals surface area contributed by atoms with Gasteiger partial charge in [0.25, 0.3) is 0 Å². The van der Waals surface area contributed by atoms with Crippen LogP contribution in [0, 0.1) is 11.8 Å². The lowest BCUT2D eigenvalue weighted by Crippen LogP contribution is -2.13. The molecular formula is C32H43F. The molecule has 0 N–H and O–H groups in total. The molecular weight excluding hydrogens is 403 g/mol. The molecule has 0 spiro atoms. The Morgan fingerprint density at radius 1 is 0.667 bits per heavy atom. The van der Waals surface area contributed by atoms with Crippen LogP contribution in [-0.4, -0.2) is 6.67 Å². The molecule has 0 bridgehead atoms. The topological polar surface area (TPSA) is 0 Å². The molecule has 0 unspecified atom stereocenters. The zero-order chi connectivity index (χ0) is 22.9. The second-order valence-corrected chi connectivity index (χ2v) is 10.7. The van der Waals surface area contributed by atoms with Crippen molar-refractivity contribution in [2.45, 2.75) is 95.8 Å². The van der Waals surface area contributed by atoms with Gasteiger partial charge in [-0.2, -0.15) is 0 Å².